The highest BCUT2D eigenvalue weighted by molar-refractivity contribution is 5.79. The summed E-state index contributed by atoms with van der Waals surface area (Å²) in [7, 11) is 2.00. The Kier molecular flexibility index (Phi) is 3.72. The van der Waals surface area contributed by atoms with Crippen molar-refractivity contribution in [1.82, 2.24) is 10.3 Å². The van der Waals surface area contributed by atoms with Gasteiger partial charge in [0.05, 0.1) is 11.6 Å². The molecule has 106 valence electrons. The van der Waals surface area contributed by atoms with Gasteiger partial charge in [0.15, 0.2) is 0 Å². The van der Waals surface area contributed by atoms with Crippen molar-refractivity contribution in [2.45, 2.75) is 19.9 Å². The first-order valence-electron chi connectivity index (χ1n) is 7.28. The lowest BCUT2D eigenvalue weighted by atomic mass is 9.95. The quantitative estimate of drug-likeness (QED) is 0.777. The summed E-state index contributed by atoms with van der Waals surface area (Å²) in [4.78, 5) is 4.46. The van der Waals surface area contributed by atoms with Crippen LogP contribution < -0.4 is 5.32 Å². The van der Waals surface area contributed by atoms with E-state index in [1.54, 1.807) is 0 Å². The van der Waals surface area contributed by atoms with E-state index in [9.17, 15) is 0 Å². The summed E-state index contributed by atoms with van der Waals surface area (Å²) in [5.74, 6) is 0. The predicted octanol–water partition coefficient (Wildman–Crippen LogP) is 4.16. The Labute approximate surface area is 125 Å². The maximum Gasteiger partial charge on any atom is 0.0705 e. The fourth-order valence-corrected chi connectivity index (χ4v) is 2.73. The molecule has 0 radical (unpaired) electrons. The summed E-state index contributed by atoms with van der Waals surface area (Å²) in [6, 6.07) is 17.4. The Morgan fingerprint density at radius 1 is 0.905 bits per heavy atom. The van der Waals surface area contributed by atoms with Gasteiger partial charge in [-0.3, -0.25) is 4.98 Å². The molecule has 0 bridgehead atoms. The third-order valence-corrected chi connectivity index (χ3v) is 4.12. The molecule has 3 rings (SSSR count). The van der Waals surface area contributed by atoms with Gasteiger partial charge < -0.3 is 5.32 Å². The van der Waals surface area contributed by atoms with Crippen LogP contribution in [0.3, 0.4) is 0 Å². The van der Waals surface area contributed by atoms with Crippen LogP contribution in [0, 0.1) is 13.8 Å². The van der Waals surface area contributed by atoms with Gasteiger partial charge in [-0.25, -0.2) is 0 Å². The molecular weight excluding hydrogens is 256 g/mol. The third-order valence-electron chi connectivity index (χ3n) is 4.12. The Morgan fingerprint density at radius 3 is 2.43 bits per heavy atom. The zero-order valence-electron chi connectivity index (χ0n) is 12.7. The standard InChI is InChI=1S/C19H20N2/c1-13-6-7-16(11-14(13)2)19(20-3)17-9-8-15-5-4-10-21-18(15)12-17/h4-12,19-20H,1-3H3. The monoisotopic (exact) mass is 276 g/mol. The van der Waals surface area contributed by atoms with Crippen molar-refractivity contribution in [3.63, 3.8) is 0 Å². The van der Waals surface area contributed by atoms with E-state index in [1.165, 1.54) is 27.6 Å². The molecule has 0 aliphatic heterocycles. The first-order valence-corrected chi connectivity index (χ1v) is 7.28. The van der Waals surface area contributed by atoms with Crippen molar-refractivity contribution >= 4 is 10.9 Å². The first-order chi connectivity index (χ1) is 10.2. The van der Waals surface area contributed by atoms with Crippen LogP contribution in [0.4, 0.5) is 0 Å². The lowest BCUT2D eigenvalue weighted by Gasteiger charge is -2.19. The van der Waals surface area contributed by atoms with Crippen LogP contribution in [0.1, 0.15) is 28.3 Å². The Balaban J connectivity index is 2.06. The lowest BCUT2D eigenvalue weighted by Crippen LogP contribution is -2.17. The van der Waals surface area contributed by atoms with Gasteiger partial charge >= 0.3 is 0 Å². The van der Waals surface area contributed by atoms with Crippen LogP contribution in [0.5, 0.6) is 0 Å². The van der Waals surface area contributed by atoms with Gasteiger partial charge in [0.1, 0.15) is 0 Å². The van der Waals surface area contributed by atoms with Gasteiger partial charge in [-0.2, -0.15) is 0 Å². The number of pyridine rings is 1. The van der Waals surface area contributed by atoms with Gasteiger partial charge in [0, 0.05) is 11.6 Å². The van der Waals surface area contributed by atoms with Crippen LogP contribution in [0.2, 0.25) is 0 Å². The minimum atomic E-state index is 0.190. The second kappa shape index (κ2) is 5.66. The molecule has 0 fully saturated rings. The molecule has 2 heteroatoms. The summed E-state index contributed by atoms with van der Waals surface area (Å²) in [6.07, 6.45) is 1.84. The van der Waals surface area contributed by atoms with Crippen molar-refractivity contribution in [3.05, 3.63) is 77.0 Å². The minimum absolute atomic E-state index is 0.190. The summed E-state index contributed by atoms with van der Waals surface area (Å²) in [5.41, 5.74) is 6.22. The van der Waals surface area contributed by atoms with Crippen LogP contribution >= 0.6 is 0 Å². The Morgan fingerprint density at radius 2 is 1.67 bits per heavy atom. The second-order valence-corrected chi connectivity index (χ2v) is 5.52. The van der Waals surface area contributed by atoms with Crippen molar-refractivity contribution in [1.29, 1.82) is 0 Å². The van der Waals surface area contributed by atoms with E-state index >= 15 is 0 Å². The van der Waals surface area contributed by atoms with Crippen molar-refractivity contribution in [2.75, 3.05) is 7.05 Å². The van der Waals surface area contributed by atoms with Crippen LogP contribution in [0.25, 0.3) is 10.9 Å². The summed E-state index contributed by atoms with van der Waals surface area (Å²) in [6.45, 7) is 4.31. The smallest absolute Gasteiger partial charge is 0.0705 e. The second-order valence-electron chi connectivity index (χ2n) is 5.52. The number of aryl methyl sites for hydroxylation is 2. The van der Waals surface area contributed by atoms with Crippen molar-refractivity contribution in [3.8, 4) is 0 Å². The Bertz CT molecular complexity index is 777. The molecule has 2 nitrogen and oxygen atoms in total. The molecule has 1 aromatic heterocycles. The molecule has 0 amide bonds. The molecular formula is C19H20N2. The Hall–Kier alpha value is -2.19. The lowest BCUT2D eigenvalue weighted by molar-refractivity contribution is 0.691. The topological polar surface area (TPSA) is 24.9 Å². The van der Waals surface area contributed by atoms with E-state index in [4.69, 9.17) is 0 Å². The number of nitrogens with one attached hydrogen (secondary N) is 1. The number of nitrogens with zero attached hydrogens (tertiary/aromatic N) is 1. The predicted molar refractivity (Wildman–Crippen MR) is 88.6 cm³/mol. The van der Waals surface area contributed by atoms with Gasteiger partial charge in [-0.1, -0.05) is 36.4 Å². The molecule has 0 spiro atoms. The fraction of sp³-hybridized carbons (Fsp3) is 0.211. The summed E-state index contributed by atoms with van der Waals surface area (Å²) in [5, 5.41) is 4.60. The molecule has 1 heterocycles. The van der Waals surface area contributed by atoms with E-state index in [-0.39, 0.29) is 6.04 Å². The van der Waals surface area contributed by atoms with Crippen LogP contribution in [-0.4, -0.2) is 12.0 Å². The highest BCUT2D eigenvalue weighted by Crippen LogP contribution is 2.26. The number of benzene rings is 2. The molecule has 1 unspecified atom stereocenters. The maximum absolute atomic E-state index is 4.46. The first kappa shape index (κ1) is 13.8. The summed E-state index contributed by atoms with van der Waals surface area (Å²) >= 11 is 0. The van der Waals surface area contributed by atoms with Gasteiger partial charge in [-0.05, 0) is 55.3 Å². The molecule has 1 N–H and O–H groups in total. The van der Waals surface area contributed by atoms with E-state index < -0.39 is 0 Å². The number of rotatable bonds is 3. The average Bonchev–Trinajstić information content (AvgIpc) is 2.51. The van der Waals surface area contributed by atoms with Crippen molar-refractivity contribution < 1.29 is 0 Å². The molecule has 1 atom stereocenters. The molecule has 0 saturated heterocycles. The fourth-order valence-electron chi connectivity index (χ4n) is 2.73. The molecule has 21 heavy (non-hydrogen) atoms. The highest BCUT2D eigenvalue weighted by atomic mass is 14.9. The molecule has 3 aromatic rings. The van der Waals surface area contributed by atoms with Gasteiger partial charge in [-0.15, -0.1) is 0 Å². The zero-order valence-corrected chi connectivity index (χ0v) is 12.7. The average molecular weight is 276 g/mol. The molecule has 0 saturated carbocycles. The normalized spacial score (nSPS) is 12.5. The third kappa shape index (κ3) is 2.67. The molecule has 0 aliphatic rings. The van der Waals surface area contributed by atoms with E-state index in [0.29, 0.717) is 0 Å². The minimum Gasteiger partial charge on any atom is -0.309 e. The number of hydrogen-bond acceptors (Lipinski definition) is 2. The SMILES string of the molecule is CNC(c1ccc(C)c(C)c1)c1ccc2cccnc2c1. The van der Waals surface area contributed by atoms with Crippen LogP contribution in [0.15, 0.2) is 54.7 Å². The number of aromatic nitrogens is 1. The van der Waals surface area contributed by atoms with E-state index in [2.05, 4.69) is 66.6 Å². The molecule has 0 aliphatic carbocycles. The highest BCUT2D eigenvalue weighted by Gasteiger charge is 2.13. The largest absolute Gasteiger partial charge is 0.309 e. The van der Waals surface area contributed by atoms with E-state index in [0.717, 1.165) is 5.52 Å². The van der Waals surface area contributed by atoms with Gasteiger partial charge in [0.25, 0.3) is 0 Å². The number of fused-ring (bicyclic) bond motifs is 1. The maximum atomic E-state index is 4.46. The summed E-state index contributed by atoms with van der Waals surface area (Å²) < 4.78 is 0. The molecule has 2 aromatic carbocycles. The van der Waals surface area contributed by atoms with Gasteiger partial charge in [0.2, 0.25) is 0 Å². The zero-order chi connectivity index (χ0) is 14.8. The number of hydrogen-bond donors (Lipinski definition) is 1. The van der Waals surface area contributed by atoms with E-state index in [1.807, 2.05) is 19.3 Å². The van der Waals surface area contributed by atoms with Crippen LogP contribution in [-0.2, 0) is 0 Å². The van der Waals surface area contributed by atoms with Crippen molar-refractivity contribution in [2.24, 2.45) is 0 Å².